The van der Waals surface area contributed by atoms with Gasteiger partial charge in [0.2, 0.25) is 21.8 Å². The summed E-state index contributed by atoms with van der Waals surface area (Å²) in [6.45, 7) is 2.78. The number of carbonyl (C=O) groups excluding carboxylic acids is 2. The average Bonchev–Trinajstić information content (AvgIpc) is 2.80. The van der Waals surface area contributed by atoms with Crippen LogP contribution in [0.25, 0.3) is 0 Å². The normalized spacial score (nSPS) is 12.6. The Hall–Kier alpha value is -3.15. The second-order valence-corrected chi connectivity index (χ2v) is 10.2. The molecule has 12 heteroatoms. The highest BCUT2D eigenvalue weighted by molar-refractivity contribution is 7.92. The molecule has 0 fully saturated rings. The van der Waals surface area contributed by atoms with Crippen molar-refractivity contribution < 1.29 is 35.6 Å². The van der Waals surface area contributed by atoms with E-state index in [1.54, 1.807) is 0 Å². The third-order valence-corrected chi connectivity index (χ3v) is 6.54. The molecule has 1 atom stereocenters. The van der Waals surface area contributed by atoms with Crippen molar-refractivity contribution in [2.45, 2.75) is 45.5 Å². The first kappa shape index (κ1) is 29.1. The maximum Gasteiger partial charge on any atom is 0.416 e. The number of hydrogen-bond acceptors (Lipinski definition) is 4. The molecule has 36 heavy (non-hydrogen) atoms. The largest absolute Gasteiger partial charge is 0.416 e. The number of anilines is 1. The molecule has 0 aliphatic rings. The van der Waals surface area contributed by atoms with E-state index in [0.717, 1.165) is 35.8 Å². The van der Waals surface area contributed by atoms with Crippen molar-refractivity contribution in [3.05, 3.63) is 65.5 Å². The van der Waals surface area contributed by atoms with Gasteiger partial charge in [0.1, 0.15) is 18.4 Å². The van der Waals surface area contributed by atoms with E-state index in [2.05, 4.69) is 5.32 Å². The van der Waals surface area contributed by atoms with Crippen LogP contribution in [-0.4, -0.2) is 50.5 Å². The molecule has 1 N–H and O–H groups in total. The number of sulfonamides is 1. The maximum atomic E-state index is 13.4. The highest BCUT2D eigenvalue weighted by Crippen LogP contribution is 2.32. The van der Waals surface area contributed by atoms with E-state index in [1.807, 2.05) is 6.92 Å². The highest BCUT2D eigenvalue weighted by atomic mass is 32.2. The molecule has 2 aromatic carbocycles. The first-order valence-electron chi connectivity index (χ1n) is 11.2. The smallest absolute Gasteiger partial charge is 0.354 e. The lowest BCUT2D eigenvalue weighted by Gasteiger charge is -2.31. The molecule has 0 radical (unpaired) electrons. The molecule has 198 valence electrons. The van der Waals surface area contributed by atoms with Crippen LogP contribution in [0.4, 0.5) is 23.2 Å². The highest BCUT2D eigenvalue weighted by Gasteiger charge is 2.33. The minimum atomic E-state index is -4.72. The molecular weight excluding hydrogens is 502 g/mol. The Balaban J connectivity index is 2.39. The molecule has 0 bridgehead atoms. The predicted molar refractivity (Wildman–Crippen MR) is 128 cm³/mol. The van der Waals surface area contributed by atoms with Crippen molar-refractivity contribution in [3.8, 4) is 0 Å². The van der Waals surface area contributed by atoms with Crippen molar-refractivity contribution in [1.29, 1.82) is 0 Å². The monoisotopic (exact) mass is 531 g/mol. The number of rotatable bonds is 11. The van der Waals surface area contributed by atoms with Crippen molar-refractivity contribution in [2.75, 3.05) is 23.7 Å². The second kappa shape index (κ2) is 12.2. The van der Waals surface area contributed by atoms with Gasteiger partial charge in [0.05, 0.1) is 17.5 Å². The van der Waals surface area contributed by atoms with Gasteiger partial charge in [0, 0.05) is 13.1 Å². The van der Waals surface area contributed by atoms with Crippen LogP contribution in [-0.2, 0) is 32.3 Å². The van der Waals surface area contributed by atoms with Crippen molar-refractivity contribution in [1.82, 2.24) is 10.2 Å². The van der Waals surface area contributed by atoms with E-state index < -0.39 is 52.0 Å². The van der Waals surface area contributed by atoms with Crippen LogP contribution in [0.15, 0.2) is 48.5 Å². The van der Waals surface area contributed by atoms with Crippen LogP contribution in [0.2, 0.25) is 0 Å². The zero-order valence-electron chi connectivity index (χ0n) is 20.2. The predicted octanol–water partition coefficient (Wildman–Crippen LogP) is 3.94. The number of amides is 2. The minimum absolute atomic E-state index is 0.151. The van der Waals surface area contributed by atoms with E-state index in [1.165, 1.54) is 31.2 Å². The van der Waals surface area contributed by atoms with E-state index in [9.17, 15) is 35.6 Å². The molecule has 0 heterocycles. The molecule has 7 nitrogen and oxygen atoms in total. The molecule has 2 amide bonds. The zero-order chi connectivity index (χ0) is 27.1. The topological polar surface area (TPSA) is 86.8 Å². The molecule has 0 aliphatic carbocycles. The SMILES string of the molecule is CCCCNC(=O)[C@@H](C)N(Cc1ccc(F)cc1)C(=O)CN(c1cccc(C(F)(F)F)c1)S(C)(=O)=O. The lowest BCUT2D eigenvalue weighted by atomic mass is 10.1. The fourth-order valence-electron chi connectivity index (χ4n) is 3.36. The fourth-order valence-corrected chi connectivity index (χ4v) is 4.20. The van der Waals surface area contributed by atoms with Crippen LogP contribution in [0.3, 0.4) is 0 Å². The summed E-state index contributed by atoms with van der Waals surface area (Å²) in [5.41, 5.74) is -0.946. The summed E-state index contributed by atoms with van der Waals surface area (Å²) in [4.78, 5) is 27.2. The lowest BCUT2D eigenvalue weighted by Crippen LogP contribution is -2.51. The molecule has 2 rings (SSSR count). The van der Waals surface area contributed by atoms with Gasteiger partial charge in [-0.05, 0) is 49.2 Å². The Bertz CT molecular complexity index is 1150. The summed E-state index contributed by atoms with van der Waals surface area (Å²) in [7, 11) is -4.18. The Kier molecular flexibility index (Phi) is 9.85. The number of hydrogen-bond donors (Lipinski definition) is 1. The van der Waals surface area contributed by atoms with Gasteiger partial charge >= 0.3 is 6.18 Å². The van der Waals surface area contributed by atoms with Gasteiger partial charge in [-0.3, -0.25) is 13.9 Å². The molecule has 2 aromatic rings. The summed E-state index contributed by atoms with van der Waals surface area (Å²) < 4.78 is 78.5. The number of unbranched alkanes of at least 4 members (excludes halogenated alkanes) is 1. The summed E-state index contributed by atoms with van der Waals surface area (Å²) >= 11 is 0. The number of carbonyl (C=O) groups is 2. The van der Waals surface area contributed by atoms with Crippen LogP contribution in [0.5, 0.6) is 0 Å². The molecule has 0 saturated heterocycles. The summed E-state index contributed by atoms with van der Waals surface area (Å²) in [5, 5.41) is 2.70. The number of nitrogens with zero attached hydrogens (tertiary/aromatic N) is 2. The Morgan fingerprint density at radius 2 is 1.72 bits per heavy atom. The maximum absolute atomic E-state index is 13.4. The summed E-state index contributed by atoms with van der Waals surface area (Å²) in [5.74, 6) is -1.81. The average molecular weight is 532 g/mol. The van der Waals surface area contributed by atoms with Gasteiger partial charge in [-0.1, -0.05) is 31.5 Å². The van der Waals surface area contributed by atoms with Gasteiger partial charge in [-0.2, -0.15) is 13.2 Å². The molecule has 0 aromatic heterocycles. The molecule has 0 unspecified atom stereocenters. The Morgan fingerprint density at radius 1 is 1.08 bits per heavy atom. The van der Waals surface area contributed by atoms with Crippen molar-refractivity contribution in [3.63, 3.8) is 0 Å². The van der Waals surface area contributed by atoms with Crippen molar-refractivity contribution >= 4 is 27.5 Å². The Labute approximate surface area is 208 Å². The molecule has 0 saturated carbocycles. The van der Waals surface area contributed by atoms with Crippen LogP contribution in [0.1, 0.15) is 37.8 Å². The Morgan fingerprint density at radius 3 is 2.28 bits per heavy atom. The first-order valence-corrected chi connectivity index (χ1v) is 13.1. The van der Waals surface area contributed by atoms with Crippen molar-refractivity contribution in [2.24, 2.45) is 0 Å². The standard InChI is InChI=1S/C24H29F4N3O4S/c1-4-5-13-29-23(33)17(2)30(15-18-9-11-20(25)12-10-18)22(32)16-31(36(3,34)35)21-8-6-7-19(14-21)24(26,27)28/h6-12,14,17H,4-5,13,15-16H2,1-3H3,(H,29,33)/t17-/m1/s1. The van der Waals surface area contributed by atoms with E-state index in [4.69, 9.17) is 0 Å². The summed E-state index contributed by atoms with van der Waals surface area (Å²) in [6.07, 6.45) is -2.41. The first-order chi connectivity index (χ1) is 16.7. The van der Waals surface area contributed by atoms with Gasteiger partial charge < -0.3 is 10.2 Å². The third kappa shape index (κ3) is 8.21. The van der Waals surface area contributed by atoms with Gasteiger partial charge in [-0.25, -0.2) is 12.8 Å². The van der Waals surface area contributed by atoms with Gasteiger partial charge in [-0.15, -0.1) is 0 Å². The van der Waals surface area contributed by atoms with Gasteiger partial charge in [0.15, 0.2) is 0 Å². The molecule has 0 aliphatic heterocycles. The zero-order valence-corrected chi connectivity index (χ0v) is 21.0. The lowest BCUT2D eigenvalue weighted by molar-refractivity contribution is -0.139. The van der Waals surface area contributed by atoms with Crippen LogP contribution in [0, 0.1) is 5.82 Å². The quantitative estimate of drug-likeness (QED) is 0.352. The summed E-state index contributed by atoms with van der Waals surface area (Å²) in [6, 6.07) is 7.76. The third-order valence-electron chi connectivity index (χ3n) is 5.40. The van der Waals surface area contributed by atoms with E-state index in [0.29, 0.717) is 28.9 Å². The number of benzene rings is 2. The molecule has 0 spiro atoms. The van der Waals surface area contributed by atoms with E-state index in [-0.39, 0.29) is 12.2 Å². The number of alkyl halides is 3. The minimum Gasteiger partial charge on any atom is -0.354 e. The molecular formula is C24H29F4N3O4S. The number of halogens is 4. The van der Waals surface area contributed by atoms with Crippen LogP contribution >= 0.6 is 0 Å². The van der Waals surface area contributed by atoms with Gasteiger partial charge in [0.25, 0.3) is 0 Å². The van der Waals surface area contributed by atoms with E-state index >= 15 is 0 Å². The second-order valence-electron chi connectivity index (χ2n) is 8.29. The van der Waals surface area contributed by atoms with Crippen LogP contribution < -0.4 is 9.62 Å². The number of nitrogens with one attached hydrogen (secondary N) is 1. The fraction of sp³-hybridized carbons (Fsp3) is 0.417.